The van der Waals surface area contributed by atoms with Gasteiger partial charge in [0, 0.05) is 12.7 Å². The van der Waals surface area contributed by atoms with Crippen LogP contribution in [0.15, 0.2) is 12.7 Å². The van der Waals surface area contributed by atoms with E-state index in [0.29, 0.717) is 85.9 Å². The lowest BCUT2D eigenvalue weighted by molar-refractivity contribution is -0.139. The highest BCUT2D eigenvalue weighted by Gasteiger charge is 1.96. The van der Waals surface area contributed by atoms with E-state index in [1.807, 2.05) is 0 Å². The molecule has 0 aliphatic carbocycles. The molecule has 0 unspecified atom stereocenters. The summed E-state index contributed by atoms with van der Waals surface area (Å²) in [5.41, 5.74) is 0. The van der Waals surface area contributed by atoms with Crippen LogP contribution < -0.4 is 0 Å². The molecule has 0 fully saturated rings. The molecule has 0 spiro atoms. The average molecular weight is 465 g/mol. The first-order valence-corrected chi connectivity index (χ1v) is 11.6. The first-order valence-electron chi connectivity index (χ1n) is 11.6. The third-order valence-electron chi connectivity index (χ3n) is 4.01. The van der Waals surface area contributed by atoms with Gasteiger partial charge in [0.1, 0.15) is 6.61 Å². The van der Waals surface area contributed by atoms with Crippen LogP contribution >= 0.6 is 0 Å². The van der Waals surface area contributed by atoms with E-state index in [9.17, 15) is 4.79 Å². The Hall–Kier alpha value is -1.07. The lowest BCUT2D eigenvalue weighted by atomic mass is 10.2. The van der Waals surface area contributed by atoms with Crippen molar-refractivity contribution in [3.63, 3.8) is 0 Å². The summed E-state index contributed by atoms with van der Waals surface area (Å²) in [6.07, 6.45) is 6.01. The Bertz CT molecular complexity index is 394. The molecular weight excluding hydrogens is 420 g/mol. The minimum absolute atomic E-state index is 0.210. The first-order chi connectivity index (χ1) is 15.8. The monoisotopic (exact) mass is 464 g/mol. The number of esters is 1. The summed E-state index contributed by atoms with van der Waals surface area (Å²) in [7, 11) is 0. The van der Waals surface area contributed by atoms with Crippen LogP contribution in [0.2, 0.25) is 0 Å². The molecule has 9 nitrogen and oxygen atoms in total. The van der Waals surface area contributed by atoms with Crippen molar-refractivity contribution >= 4 is 5.97 Å². The van der Waals surface area contributed by atoms with E-state index < -0.39 is 5.97 Å². The number of unbranched alkanes of at least 4 members (excludes halogenated alkanes) is 3. The Kier molecular flexibility index (Phi) is 27.0. The zero-order chi connectivity index (χ0) is 23.4. The zero-order valence-corrected chi connectivity index (χ0v) is 19.9. The van der Waals surface area contributed by atoms with Crippen LogP contribution in [0, 0.1) is 0 Å². The van der Waals surface area contributed by atoms with Crippen molar-refractivity contribution in [2.75, 3.05) is 99.1 Å². The zero-order valence-electron chi connectivity index (χ0n) is 19.9. The lowest BCUT2D eigenvalue weighted by Gasteiger charge is -2.08. The van der Waals surface area contributed by atoms with E-state index >= 15 is 0 Å². The molecule has 0 radical (unpaired) electrons. The van der Waals surface area contributed by atoms with Crippen molar-refractivity contribution in [3.8, 4) is 0 Å². The van der Waals surface area contributed by atoms with Gasteiger partial charge in [0.05, 0.1) is 85.9 Å². The molecule has 0 aliphatic rings. The normalized spacial score (nSPS) is 11.0. The minimum Gasteiger partial charge on any atom is -0.460 e. The molecule has 0 saturated carbocycles. The molecule has 0 heterocycles. The number of hydrogen-bond donors (Lipinski definition) is 0. The van der Waals surface area contributed by atoms with E-state index in [1.165, 1.54) is 19.3 Å². The van der Waals surface area contributed by atoms with Gasteiger partial charge in [-0.2, -0.15) is 0 Å². The van der Waals surface area contributed by atoms with Crippen molar-refractivity contribution in [1.29, 1.82) is 0 Å². The van der Waals surface area contributed by atoms with Crippen molar-refractivity contribution < 1.29 is 42.7 Å². The van der Waals surface area contributed by atoms with Crippen molar-refractivity contribution in [2.45, 2.75) is 32.6 Å². The fourth-order valence-electron chi connectivity index (χ4n) is 2.31. The third-order valence-corrected chi connectivity index (χ3v) is 4.01. The number of carbonyl (C=O) groups excluding carboxylic acids is 1. The van der Waals surface area contributed by atoms with Crippen LogP contribution in [-0.4, -0.2) is 105 Å². The number of carbonyl (C=O) groups is 1. The molecule has 0 bridgehead atoms. The van der Waals surface area contributed by atoms with E-state index in [-0.39, 0.29) is 6.61 Å². The van der Waals surface area contributed by atoms with Gasteiger partial charge >= 0.3 is 5.97 Å². The van der Waals surface area contributed by atoms with Gasteiger partial charge in [-0.3, -0.25) is 0 Å². The van der Waals surface area contributed by atoms with Gasteiger partial charge in [-0.15, -0.1) is 0 Å². The Morgan fingerprint density at radius 3 is 1.22 bits per heavy atom. The second kappa shape index (κ2) is 28.0. The second-order valence-electron chi connectivity index (χ2n) is 6.72. The van der Waals surface area contributed by atoms with Crippen molar-refractivity contribution in [2.24, 2.45) is 0 Å². The van der Waals surface area contributed by atoms with Crippen LogP contribution in [0.3, 0.4) is 0 Å². The van der Waals surface area contributed by atoms with Gasteiger partial charge in [0.25, 0.3) is 0 Å². The number of rotatable bonds is 27. The average Bonchev–Trinajstić information content (AvgIpc) is 2.81. The van der Waals surface area contributed by atoms with Crippen LogP contribution in [-0.2, 0) is 42.7 Å². The maximum atomic E-state index is 10.8. The van der Waals surface area contributed by atoms with Gasteiger partial charge in [-0.1, -0.05) is 32.8 Å². The standard InChI is InChI=1S/C23H44O9/c1-3-5-6-7-8-25-9-10-26-11-12-27-13-14-28-15-16-29-17-18-30-19-20-31-21-22-32-23(24)4-2/h4H,2-3,5-22H2,1H3. The quantitative estimate of drug-likeness (QED) is 0.103. The third kappa shape index (κ3) is 27.0. The molecule has 0 aromatic heterocycles. The fraction of sp³-hybridized carbons (Fsp3) is 0.870. The van der Waals surface area contributed by atoms with E-state index in [0.717, 1.165) is 19.1 Å². The fourth-order valence-corrected chi connectivity index (χ4v) is 2.31. The number of ether oxygens (including phenoxy) is 8. The predicted molar refractivity (Wildman–Crippen MR) is 121 cm³/mol. The molecule has 32 heavy (non-hydrogen) atoms. The summed E-state index contributed by atoms with van der Waals surface area (Å²) in [6.45, 7) is 13.2. The van der Waals surface area contributed by atoms with Gasteiger partial charge < -0.3 is 37.9 Å². The van der Waals surface area contributed by atoms with E-state index in [4.69, 9.17) is 37.9 Å². The van der Waals surface area contributed by atoms with Crippen molar-refractivity contribution in [1.82, 2.24) is 0 Å². The van der Waals surface area contributed by atoms with Crippen LogP contribution in [0.1, 0.15) is 32.6 Å². The number of hydrogen-bond acceptors (Lipinski definition) is 9. The van der Waals surface area contributed by atoms with Crippen LogP contribution in [0.5, 0.6) is 0 Å². The summed E-state index contributed by atoms with van der Waals surface area (Å²) in [4.78, 5) is 10.8. The Labute approximate surface area is 193 Å². The molecule has 0 amide bonds. The highest BCUT2D eigenvalue weighted by atomic mass is 16.6. The largest absolute Gasteiger partial charge is 0.460 e. The maximum absolute atomic E-state index is 10.8. The van der Waals surface area contributed by atoms with E-state index in [1.54, 1.807) is 0 Å². The summed E-state index contributed by atoms with van der Waals surface area (Å²) in [6, 6.07) is 0. The highest BCUT2D eigenvalue weighted by Crippen LogP contribution is 1.98. The van der Waals surface area contributed by atoms with Crippen LogP contribution in [0.4, 0.5) is 0 Å². The Balaban J connectivity index is 3.02. The molecule has 190 valence electrons. The topological polar surface area (TPSA) is 90.9 Å². The molecule has 0 saturated heterocycles. The van der Waals surface area contributed by atoms with Gasteiger partial charge in [-0.25, -0.2) is 4.79 Å². The summed E-state index contributed by atoms with van der Waals surface area (Å²) in [5.74, 6) is -0.451. The van der Waals surface area contributed by atoms with Crippen molar-refractivity contribution in [3.05, 3.63) is 12.7 Å². The molecule has 9 heteroatoms. The minimum atomic E-state index is -0.451. The Morgan fingerprint density at radius 1 is 0.531 bits per heavy atom. The predicted octanol–water partition coefficient (Wildman–Crippen LogP) is 2.41. The lowest BCUT2D eigenvalue weighted by Crippen LogP contribution is -2.15. The smallest absolute Gasteiger partial charge is 0.330 e. The highest BCUT2D eigenvalue weighted by molar-refractivity contribution is 5.81. The summed E-state index contributed by atoms with van der Waals surface area (Å²) >= 11 is 0. The Morgan fingerprint density at radius 2 is 0.875 bits per heavy atom. The molecule has 0 aromatic carbocycles. The first kappa shape index (κ1) is 30.9. The van der Waals surface area contributed by atoms with Gasteiger partial charge in [0.2, 0.25) is 0 Å². The molecule has 0 aromatic rings. The SMILES string of the molecule is C=CC(=O)OCCOCCOCCOCCOCCOCCOCCOCCCCCC. The molecule has 0 atom stereocenters. The molecule has 0 rings (SSSR count). The van der Waals surface area contributed by atoms with Gasteiger partial charge in [0.15, 0.2) is 0 Å². The summed E-state index contributed by atoms with van der Waals surface area (Å²) < 4.78 is 42.6. The maximum Gasteiger partial charge on any atom is 0.330 e. The second-order valence-corrected chi connectivity index (χ2v) is 6.72. The van der Waals surface area contributed by atoms with E-state index in [2.05, 4.69) is 13.5 Å². The molecular formula is C23H44O9. The molecule has 0 N–H and O–H groups in total. The summed E-state index contributed by atoms with van der Waals surface area (Å²) in [5, 5.41) is 0. The van der Waals surface area contributed by atoms with Crippen LogP contribution in [0.25, 0.3) is 0 Å². The van der Waals surface area contributed by atoms with Gasteiger partial charge in [-0.05, 0) is 6.42 Å². The molecule has 0 aliphatic heterocycles.